The van der Waals surface area contributed by atoms with Crippen molar-refractivity contribution in [1.29, 1.82) is 0 Å². The van der Waals surface area contributed by atoms with Crippen molar-refractivity contribution in [3.63, 3.8) is 0 Å². The normalized spacial score (nSPS) is 13.5. The first-order valence-corrected chi connectivity index (χ1v) is 6.97. The van der Waals surface area contributed by atoms with E-state index in [9.17, 15) is 0 Å². The summed E-state index contributed by atoms with van der Waals surface area (Å²) in [6, 6.07) is 15.0. The number of nitrogens with one attached hydrogen (secondary N) is 1. The Kier molecular flexibility index (Phi) is 3.41. The Hall–Kier alpha value is -1.96. The van der Waals surface area contributed by atoms with E-state index >= 15 is 0 Å². The molecule has 1 aliphatic rings. The minimum atomic E-state index is 0.712. The molecule has 19 heavy (non-hydrogen) atoms. The number of hydrogen-bond donors (Lipinski definition) is 1. The second-order valence-electron chi connectivity index (χ2n) is 4.86. The third-order valence-electron chi connectivity index (χ3n) is 3.54. The topological polar surface area (TPSA) is 21.3 Å². The Morgan fingerprint density at radius 1 is 1.05 bits per heavy atom. The molecule has 0 saturated heterocycles. The molecule has 0 unspecified atom stereocenters. The largest absolute Gasteiger partial charge is 0.494 e. The van der Waals surface area contributed by atoms with Crippen molar-refractivity contribution < 1.29 is 4.74 Å². The lowest BCUT2D eigenvalue weighted by atomic mass is 9.97. The third kappa shape index (κ3) is 2.58. The lowest BCUT2D eigenvalue weighted by Gasteiger charge is -2.18. The summed E-state index contributed by atoms with van der Waals surface area (Å²) >= 11 is 0. The average molecular weight is 253 g/mol. The van der Waals surface area contributed by atoms with Crippen LogP contribution in [0.1, 0.15) is 18.9 Å². The van der Waals surface area contributed by atoms with Gasteiger partial charge in [-0.25, -0.2) is 0 Å². The average Bonchev–Trinajstić information content (AvgIpc) is 2.48. The fourth-order valence-corrected chi connectivity index (χ4v) is 2.56. The van der Waals surface area contributed by atoms with Gasteiger partial charge in [0.05, 0.1) is 6.61 Å². The maximum Gasteiger partial charge on any atom is 0.119 e. The van der Waals surface area contributed by atoms with Crippen LogP contribution in [0.3, 0.4) is 0 Å². The maximum absolute atomic E-state index is 5.48. The number of aryl methyl sites for hydroxylation is 1. The molecule has 0 aliphatic carbocycles. The van der Waals surface area contributed by atoms with Crippen LogP contribution in [0, 0.1) is 0 Å². The van der Waals surface area contributed by atoms with Crippen LogP contribution >= 0.6 is 0 Å². The lowest BCUT2D eigenvalue weighted by Crippen LogP contribution is -2.11. The fourth-order valence-electron chi connectivity index (χ4n) is 2.56. The number of hydrogen-bond acceptors (Lipinski definition) is 2. The Balaban J connectivity index is 1.89. The van der Waals surface area contributed by atoms with Crippen molar-refractivity contribution in [3.05, 3.63) is 48.0 Å². The van der Waals surface area contributed by atoms with E-state index in [1.54, 1.807) is 0 Å². The molecular weight excluding hydrogens is 234 g/mol. The fraction of sp³-hybridized carbons (Fsp3) is 0.294. The molecule has 2 aromatic rings. The molecule has 0 aromatic heterocycles. The first-order valence-electron chi connectivity index (χ1n) is 6.97. The van der Waals surface area contributed by atoms with Crippen molar-refractivity contribution in [2.75, 3.05) is 18.5 Å². The highest BCUT2D eigenvalue weighted by atomic mass is 16.5. The van der Waals surface area contributed by atoms with Gasteiger partial charge in [0.15, 0.2) is 0 Å². The van der Waals surface area contributed by atoms with Crippen molar-refractivity contribution in [3.8, 4) is 16.9 Å². The van der Waals surface area contributed by atoms with E-state index in [1.807, 2.05) is 19.1 Å². The summed E-state index contributed by atoms with van der Waals surface area (Å²) in [6.07, 6.45) is 2.40. The number of fused-ring (bicyclic) bond motifs is 1. The van der Waals surface area contributed by atoms with Crippen molar-refractivity contribution in [2.45, 2.75) is 19.8 Å². The molecule has 1 aliphatic heterocycles. The zero-order valence-electron chi connectivity index (χ0n) is 11.3. The van der Waals surface area contributed by atoms with Crippen molar-refractivity contribution >= 4 is 5.69 Å². The molecule has 0 atom stereocenters. The summed E-state index contributed by atoms with van der Waals surface area (Å²) in [5.41, 5.74) is 5.25. The van der Waals surface area contributed by atoms with Gasteiger partial charge in [0, 0.05) is 12.2 Å². The molecule has 2 aromatic carbocycles. The Bertz CT molecular complexity index is 560. The SMILES string of the molecule is CCOc1ccc(-c2ccc3c(c2)CCCN3)cc1. The van der Waals surface area contributed by atoms with Gasteiger partial charge in [-0.3, -0.25) is 0 Å². The first-order chi connectivity index (χ1) is 9.36. The number of rotatable bonds is 3. The van der Waals surface area contributed by atoms with E-state index in [2.05, 4.69) is 35.6 Å². The van der Waals surface area contributed by atoms with Crippen LogP contribution in [0.2, 0.25) is 0 Å². The number of ether oxygens (including phenoxy) is 1. The van der Waals surface area contributed by atoms with Gasteiger partial charge in [-0.15, -0.1) is 0 Å². The van der Waals surface area contributed by atoms with Crippen LogP contribution in [-0.2, 0) is 6.42 Å². The van der Waals surface area contributed by atoms with Crippen molar-refractivity contribution in [2.24, 2.45) is 0 Å². The monoisotopic (exact) mass is 253 g/mol. The summed E-state index contributed by atoms with van der Waals surface area (Å²) in [7, 11) is 0. The number of benzene rings is 2. The van der Waals surface area contributed by atoms with Crippen LogP contribution < -0.4 is 10.1 Å². The molecule has 0 bridgehead atoms. The van der Waals surface area contributed by atoms with Gasteiger partial charge >= 0.3 is 0 Å². The van der Waals surface area contributed by atoms with E-state index < -0.39 is 0 Å². The van der Waals surface area contributed by atoms with Crippen LogP contribution in [0.5, 0.6) is 5.75 Å². The Labute approximate surface area is 114 Å². The summed E-state index contributed by atoms with van der Waals surface area (Å²) in [6.45, 7) is 3.81. The molecular formula is C17H19NO. The van der Waals surface area contributed by atoms with Gasteiger partial charge in [0.1, 0.15) is 5.75 Å². The molecule has 2 heteroatoms. The van der Waals surface area contributed by atoms with E-state index in [4.69, 9.17) is 4.74 Å². The molecule has 0 saturated carbocycles. The van der Waals surface area contributed by atoms with Crippen LogP contribution in [0.4, 0.5) is 5.69 Å². The molecule has 0 fully saturated rings. The predicted octanol–water partition coefficient (Wildman–Crippen LogP) is 4.11. The van der Waals surface area contributed by atoms with E-state index in [0.717, 1.165) is 12.3 Å². The molecule has 98 valence electrons. The highest BCUT2D eigenvalue weighted by Gasteiger charge is 2.09. The minimum absolute atomic E-state index is 0.712. The molecule has 1 N–H and O–H groups in total. The van der Waals surface area contributed by atoms with Gasteiger partial charge in [0.25, 0.3) is 0 Å². The Morgan fingerprint density at radius 2 is 1.84 bits per heavy atom. The van der Waals surface area contributed by atoms with Gasteiger partial charge in [-0.1, -0.05) is 18.2 Å². The second-order valence-corrected chi connectivity index (χ2v) is 4.86. The van der Waals surface area contributed by atoms with Crippen molar-refractivity contribution in [1.82, 2.24) is 0 Å². The van der Waals surface area contributed by atoms with Crippen LogP contribution in [-0.4, -0.2) is 13.2 Å². The minimum Gasteiger partial charge on any atom is -0.494 e. The zero-order chi connectivity index (χ0) is 13.1. The van der Waals surface area contributed by atoms with E-state index in [1.165, 1.54) is 35.2 Å². The summed E-state index contributed by atoms with van der Waals surface area (Å²) in [4.78, 5) is 0. The standard InChI is InChI=1S/C17H19NO/c1-2-19-16-8-5-13(6-9-16)14-7-10-17-15(12-14)4-3-11-18-17/h5-10,12,18H,2-4,11H2,1H3. The zero-order valence-corrected chi connectivity index (χ0v) is 11.3. The lowest BCUT2D eigenvalue weighted by molar-refractivity contribution is 0.340. The second kappa shape index (κ2) is 5.35. The smallest absolute Gasteiger partial charge is 0.119 e. The molecule has 0 spiro atoms. The summed E-state index contributed by atoms with van der Waals surface area (Å²) in [5.74, 6) is 0.936. The Morgan fingerprint density at radius 3 is 2.63 bits per heavy atom. The van der Waals surface area contributed by atoms with Crippen LogP contribution in [0.15, 0.2) is 42.5 Å². The third-order valence-corrected chi connectivity index (χ3v) is 3.54. The van der Waals surface area contributed by atoms with Gasteiger partial charge in [0.2, 0.25) is 0 Å². The van der Waals surface area contributed by atoms with Crippen LogP contribution in [0.25, 0.3) is 11.1 Å². The first kappa shape index (κ1) is 12.1. The summed E-state index contributed by atoms with van der Waals surface area (Å²) < 4.78 is 5.48. The molecule has 2 nitrogen and oxygen atoms in total. The van der Waals surface area contributed by atoms with Gasteiger partial charge in [-0.05, 0) is 60.7 Å². The molecule has 3 rings (SSSR count). The molecule has 0 radical (unpaired) electrons. The quantitative estimate of drug-likeness (QED) is 0.888. The summed E-state index contributed by atoms with van der Waals surface area (Å²) in [5, 5.41) is 3.45. The molecule has 1 heterocycles. The predicted molar refractivity (Wildman–Crippen MR) is 79.9 cm³/mol. The van der Waals surface area contributed by atoms with Gasteiger partial charge < -0.3 is 10.1 Å². The highest BCUT2D eigenvalue weighted by Crippen LogP contribution is 2.29. The van der Waals surface area contributed by atoms with E-state index in [0.29, 0.717) is 6.61 Å². The highest BCUT2D eigenvalue weighted by molar-refractivity contribution is 5.69. The molecule has 0 amide bonds. The maximum atomic E-state index is 5.48. The van der Waals surface area contributed by atoms with E-state index in [-0.39, 0.29) is 0 Å². The number of anilines is 1. The van der Waals surface area contributed by atoms with Gasteiger partial charge in [-0.2, -0.15) is 0 Å².